The third kappa shape index (κ3) is 2.08. The van der Waals surface area contributed by atoms with E-state index in [1.807, 2.05) is 31.2 Å². The van der Waals surface area contributed by atoms with Gasteiger partial charge in [-0.3, -0.25) is 5.10 Å². The van der Waals surface area contributed by atoms with E-state index in [9.17, 15) is 0 Å². The van der Waals surface area contributed by atoms with Gasteiger partial charge in [-0.1, -0.05) is 36.7 Å². The Morgan fingerprint density at radius 2 is 2.19 bits per heavy atom. The van der Waals surface area contributed by atoms with Crippen molar-refractivity contribution in [2.75, 3.05) is 0 Å². The van der Waals surface area contributed by atoms with Gasteiger partial charge in [-0.15, -0.1) is 0 Å². The molecule has 1 heterocycles. The number of aromatic nitrogens is 3. The lowest BCUT2D eigenvalue weighted by molar-refractivity contribution is 0.787. The van der Waals surface area contributed by atoms with Crippen LogP contribution in [0.2, 0.25) is 5.02 Å². The van der Waals surface area contributed by atoms with Crippen molar-refractivity contribution in [3.8, 4) is 0 Å². The average molecular weight is 237 g/mol. The van der Waals surface area contributed by atoms with Gasteiger partial charge in [0, 0.05) is 11.4 Å². The summed E-state index contributed by atoms with van der Waals surface area (Å²) in [6, 6.07) is 7.08. The smallest absolute Gasteiger partial charge is 0.171 e. The van der Waals surface area contributed by atoms with E-state index >= 15 is 0 Å². The van der Waals surface area contributed by atoms with E-state index < -0.39 is 0 Å². The first-order valence-corrected chi connectivity index (χ1v) is 5.51. The lowest BCUT2D eigenvalue weighted by atomic mass is 10.1. The lowest BCUT2D eigenvalue weighted by Crippen LogP contribution is -2.14. The Bertz CT molecular complexity index is 480. The third-order valence-electron chi connectivity index (χ3n) is 2.40. The molecule has 0 aliphatic rings. The van der Waals surface area contributed by atoms with E-state index in [2.05, 4.69) is 15.2 Å². The van der Waals surface area contributed by atoms with Crippen molar-refractivity contribution in [3.63, 3.8) is 0 Å². The molecule has 1 atom stereocenters. The topological polar surface area (TPSA) is 67.6 Å². The van der Waals surface area contributed by atoms with E-state index in [1.54, 1.807) is 0 Å². The number of hydrogen-bond acceptors (Lipinski definition) is 3. The minimum atomic E-state index is -0.384. The average Bonchev–Trinajstić information content (AvgIpc) is 2.77. The van der Waals surface area contributed by atoms with Crippen LogP contribution in [0.1, 0.15) is 30.2 Å². The van der Waals surface area contributed by atoms with Gasteiger partial charge < -0.3 is 5.73 Å². The summed E-state index contributed by atoms with van der Waals surface area (Å²) in [5.74, 6) is 1.41. The van der Waals surface area contributed by atoms with E-state index in [-0.39, 0.29) is 6.04 Å². The summed E-state index contributed by atoms with van der Waals surface area (Å²) in [5.41, 5.74) is 6.89. The molecule has 0 aliphatic carbocycles. The summed E-state index contributed by atoms with van der Waals surface area (Å²) in [6.45, 7) is 2.01. The highest BCUT2D eigenvalue weighted by Gasteiger charge is 2.16. The molecule has 2 aromatic rings. The zero-order valence-electron chi connectivity index (χ0n) is 8.94. The molecule has 0 aliphatic heterocycles. The number of rotatable bonds is 3. The van der Waals surface area contributed by atoms with Gasteiger partial charge in [0.1, 0.15) is 5.82 Å². The zero-order chi connectivity index (χ0) is 11.5. The van der Waals surface area contributed by atoms with Gasteiger partial charge in [-0.2, -0.15) is 5.10 Å². The van der Waals surface area contributed by atoms with Crippen molar-refractivity contribution in [1.29, 1.82) is 0 Å². The van der Waals surface area contributed by atoms with Crippen LogP contribution in [-0.2, 0) is 6.42 Å². The maximum absolute atomic E-state index is 6.06. The van der Waals surface area contributed by atoms with Crippen molar-refractivity contribution in [3.05, 3.63) is 46.5 Å². The number of nitrogens with one attached hydrogen (secondary N) is 1. The maximum atomic E-state index is 6.06. The van der Waals surface area contributed by atoms with Crippen molar-refractivity contribution < 1.29 is 0 Å². The van der Waals surface area contributed by atoms with Crippen LogP contribution in [-0.4, -0.2) is 15.2 Å². The first-order valence-electron chi connectivity index (χ1n) is 5.13. The van der Waals surface area contributed by atoms with Crippen LogP contribution in [0.25, 0.3) is 0 Å². The summed E-state index contributed by atoms with van der Waals surface area (Å²) < 4.78 is 0. The number of hydrogen-bond donors (Lipinski definition) is 2. The second-order valence-corrected chi connectivity index (χ2v) is 3.90. The normalized spacial score (nSPS) is 12.7. The molecule has 16 heavy (non-hydrogen) atoms. The minimum absolute atomic E-state index is 0.384. The first kappa shape index (κ1) is 11.1. The summed E-state index contributed by atoms with van der Waals surface area (Å²) in [7, 11) is 0. The molecule has 0 spiro atoms. The molecule has 0 saturated carbocycles. The highest BCUT2D eigenvalue weighted by atomic mass is 35.5. The van der Waals surface area contributed by atoms with E-state index in [1.165, 1.54) is 0 Å². The van der Waals surface area contributed by atoms with Crippen LogP contribution in [0.3, 0.4) is 0 Å². The lowest BCUT2D eigenvalue weighted by Gasteiger charge is -2.09. The zero-order valence-corrected chi connectivity index (χ0v) is 9.70. The Labute approximate surface area is 98.8 Å². The standard InChI is InChI=1S/C11H13ClN4/c1-2-9-14-11(16-15-9)10(13)7-5-3-4-6-8(7)12/h3-6,10H,2,13H2,1H3,(H,14,15,16)/t10-/m1/s1. The summed E-state index contributed by atoms with van der Waals surface area (Å²) in [6.07, 6.45) is 0.808. The van der Waals surface area contributed by atoms with Crippen molar-refractivity contribution in [2.24, 2.45) is 5.73 Å². The molecule has 4 nitrogen and oxygen atoms in total. The van der Waals surface area contributed by atoms with Gasteiger partial charge in [-0.25, -0.2) is 4.98 Å². The van der Waals surface area contributed by atoms with E-state index in [0.717, 1.165) is 17.8 Å². The van der Waals surface area contributed by atoms with Gasteiger partial charge in [0.15, 0.2) is 5.82 Å². The molecular formula is C11H13ClN4. The number of benzene rings is 1. The number of nitrogens with zero attached hydrogens (tertiary/aromatic N) is 2. The Balaban J connectivity index is 2.31. The van der Waals surface area contributed by atoms with Crippen molar-refractivity contribution in [1.82, 2.24) is 15.2 Å². The monoisotopic (exact) mass is 236 g/mol. The van der Waals surface area contributed by atoms with Gasteiger partial charge in [0.2, 0.25) is 0 Å². The van der Waals surface area contributed by atoms with Gasteiger partial charge in [0.25, 0.3) is 0 Å². The SMILES string of the molecule is CCc1nc([C@H](N)c2ccccc2Cl)n[nH]1. The third-order valence-corrected chi connectivity index (χ3v) is 2.75. The first-order chi connectivity index (χ1) is 7.72. The molecule has 0 amide bonds. The highest BCUT2D eigenvalue weighted by Crippen LogP contribution is 2.24. The fraction of sp³-hybridized carbons (Fsp3) is 0.273. The largest absolute Gasteiger partial charge is 0.318 e. The Morgan fingerprint density at radius 1 is 1.44 bits per heavy atom. The molecule has 0 radical (unpaired) electrons. The minimum Gasteiger partial charge on any atom is -0.318 e. The molecule has 84 valence electrons. The molecule has 0 bridgehead atoms. The summed E-state index contributed by atoms with van der Waals surface area (Å²) in [5, 5.41) is 7.56. The second-order valence-electron chi connectivity index (χ2n) is 3.49. The van der Waals surface area contributed by atoms with E-state index in [4.69, 9.17) is 17.3 Å². The van der Waals surface area contributed by atoms with Crippen LogP contribution >= 0.6 is 11.6 Å². The fourth-order valence-corrected chi connectivity index (χ4v) is 1.73. The Morgan fingerprint density at radius 3 is 2.81 bits per heavy atom. The van der Waals surface area contributed by atoms with Crippen molar-refractivity contribution in [2.45, 2.75) is 19.4 Å². The molecular weight excluding hydrogens is 224 g/mol. The Kier molecular flexibility index (Phi) is 3.22. The molecule has 2 rings (SSSR count). The van der Waals surface area contributed by atoms with Crippen molar-refractivity contribution >= 4 is 11.6 Å². The molecule has 0 unspecified atom stereocenters. The van der Waals surface area contributed by atoms with Crippen LogP contribution in [0.4, 0.5) is 0 Å². The van der Waals surface area contributed by atoms with Crippen LogP contribution in [0.5, 0.6) is 0 Å². The van der Waals surface area contributed by atoms with Crippen LogP contribution < -0.4 is 5.73 Å². The number of halogens is 1. The quantitative estimate of drug-likeness (QED) is 0.857. The maximum Gasteiger partial charge on any atom is 0.171 e. The number of H-pyrrole nitrogens is 1. The fourth-order valence-electron chi connectivity index (χ4n) is 1.47. The highest BCUT2D eigenvalue weighted by molar-refractivity contribution is 6.31. The molecule has 0 saturated heterocycles. The van der Waals surface area contributed by atoms with Gasteiger partial charge in [0.05, 0.1) is 6.04 Å². The molecule has 3 N–H and O–H groups in total. The number of nitrogens with two attached hydrogens (primary N) is 1. The molecule has 0 fully saturated rings. The predicted octanol–water partition coefficient (Wildman–Crippen LogP) is 2.07. The summed E-state index contributed by atoms with van der Waals surface area (Å²) in [4.78, 5) is 4.30. The molecule has 1 aromatic carbocycles. The van der Waals surface area contributed by atoms with E-state index in [0.29, 0.717) is 10.8 Å². The van der Waals surface area contributed by atoms with Gasteiger partial charge in [-0.05, 0) is 11.6 Å². The number of aromatic amines is 1. The molecule has 1 aromatic heterocycles. The van der Waals surface area contributed by atoms with Crippen LogP contribution in [0, 0.1) is 0 Å². The Hall–Kier alpha value is -1.39. The number of aryl methyl sites for hydroxylation is 1. The van der Waals surface area contributed by atoms with Gasteiger partial charge >= 0.3 is 0 Å². The predicted molar refractivity (Wildman–Crippen MR) is 63.2 cm³/mol. The molecule has 5 heteroatoms. The second kappa shape index (κ2) is 4.63. The summed E-state index contributed by atoms with van der Waals surface area (Å²) >= 11 is 6.06. The van der Waals surface area contributed by atoms with Crippen LogP contribution in [0.15, 0.2) is 24.3 Å².